The highest BCUT2D eigenvalue weighted by atomic mass is 79.9. The van der Waals surface area contributed by atoms with Crippen molar-refractivity contribution in [1.82, 2.24) is 15.2 Å². The van der Waals surface area contributed by atoms with E-state index in [2.05, 4.69) is 44.9 Å². The van der Waals surface area contributed by atoms with Crippen LogP contribution in [0.2, 0.25) is 0 Å². The summed E-state index contributed by atoms with van der Waals surface area (Å²) in [5.74, 6) is 2.65. The van der Waals surface area contributed by atoms with Crippen LogP contribution in [0.5, 0.6) is 17.4 Å². The molecule has 0 spiro atoms. The van der Waals surface area contributed by atoms with Crippen LogP contribution in [0, 0.1) is 0 Å². The van der Waals surface area contributed by atoms with Gasteiger partial charge in [0.05, 0.1) is 11.1 Å². The number of para-hydroxylation sites is 1. The summed E-state index contributed by atoms with van der Waals surface area (Å²) in [5, 5.41) is 13.0. The van der Waals surface area contributed by atoms with Crippen molar-refractivity contribution in [2.45, 2.75) is 50.9 Å². The SMILES string of the molecule is C=CCOc1c(Br)cc([C@H]2Nc3ccccc3-c3nnc(SCCCCCC)nc3O2)cc1OCC. The quantitative estimate of drug-likeness (QED) is 0.137. The second-order valence-corrected chi connectivity index (χ2v) is 10.1. The Morgan fingerprint density at radius 1 is 1.14 bits per heavy atom. The van der Waals surface area contributed by atoms with Gasteiger partial charge in [-0.3, -0.25) is 0 Å². The van der Waals surface area contributed by atoms with Gasteiger partial charge in [0.15, 0.2) is 23.4 Å². The number of ether oxygens (including phenoxy) is 3. The standard InChI is InChI=1S/C27H31BrN4O3S/c1-4-7-8-11-15-36-27-30-26-23(31-32-27)19-12-9-10-13-21(19)29-25(35-26)18-16-20(28)24(34-14-5-2)22(17-18)33-6-3/h5,9-10,12-13,16-17,25,29H,2,4,6-8,11,14-15H2,1,3H3/t25-/m0/s1. The maximum absolute atomic E-state index is 6.45. The van der Waals surface area contributed by atoms with Crippen molar-refractivity contribution >= 4 is 33.4 Å². The Morgan fingerprint density at radius 3 is 2.81 bits per heavy atom. The van der Waals surface area contributed by atoms with Crippen molar-refractivity contribution in [3.05, 3.63) is 59.1 Å². The number of halogens is 1. The Kier molecular flexibility index (Phi) is 9.47. The minimum Gasteiger partial charge on any atom is -0.490 e. The molecule has 0 fully saturated rings. The summed E-state index contributed by atoms with van der Waals surface area (Å²) in [6.07, 6.45) is 5.96. The molecule has 2 aromatic carbocycles. The number of hydrogen-bond acceptors (Lipinski definition) is 8. The summed E-state index contributed by atoms with van der Waals surface area (Å²) in [5.41, 5.74) is 3.25. The van der Waals surface area contributed by atoms with Gasteiger partial charge < -0.3 is 19.5 Å². The van der Waals surface area contributed by atoms with Crippen LogP contribution in [0.15, 0.2) is 58.7 Å². The Bertz CT molecular complexity index is 1190. The van der Waals surface area contributed by atoms with Gasteiger partial charge in [-0.2, -0.15) is 4.98 Å². The van der Waals surface area contributed by atoms with Crippen LogP contribution in [0.1, 0.15) is 51.3 Å². The van der Waals surface area contributed by atoms with Crippen LogP contribution < -0.4 is 19.5 Å². The molecule has 1 aliphatic heterocycles. The zero-order valence-electron chi connectivity index (χ0n) is 20.6. The molecular weight excluding hydrogens is 540 g/mol. The lowest BCUT2D eigenvalue weighted by Crippen LogP contribution is -2.17. The molecule has 1 aliphatic rings. The zero-order valence-corrected chi connectivity index (χ0v) is 23.0. The Balaban J connectivity index is 1.67. The molecule has 0 aliphatic carbocycles. The molecule has 1 atom stereocenters. The highest BCUT2D eigenvalue weighted by Gasteiger charge is 2.27. The first-order valence-corrected chi connectivity index (χ1v) is 14.0. The molecule has 7 nitrogen and oxygen atoms in total. The maximum atomic E-state index is 6.45. The molecule has 2 heterocycles. The van der Waals surface area contributed by atoms with Gasteiger partial charge in [-0.15, -0.1) is 10.2 Å². The average molecular weight is 572 g/mol. The van der Waals surface area contributed by atoms with Gasteiger partial charge in [-0.25, -0.2) is 0 Å². The Labute approximate surface area is 225 Å². The molecule has 0 saturated carbocycles. The van der Waals surface area contributed by atoms with E-state index in [4.69, 9.17) is 19.2 Å². The van der Waals surface area contributed by atoms with Gasteiger partial charge in [0.25, 0.3) is 0 Å². The summed E-state index contributed by atoms with van der Waals surface area (Å²) in [7, 11) is 0. The molecule has 0 saturated heterocycles. The molecule has 190 valence electrons. The number of thioether (sulfide) groups is 1. The monoisotopic (exact) mass is 570 g/mol. The molecule has 1 N–H and O–H groups in total. The molecule has 0 bridgehead atoms. The van der Waals surface area contributed by atoms with Gasteiger partial charge in [0.2, 0.25) is 11.0 Å². The third-order valence-corrected chi connectivity index (χ3v) is 7.06. The topological polar surface area (TPSA) is 78.4 Å². The number of anilines is 1. The van der Waals surface area contributed by atoms with E-state index in [1.165, 1.54) is 19.3 Å². The van der Waals surface area contributed by atoms with Crippen molar-refractivity contribution < 1.29 is 14.2 Å². The smallest absolute Gasteiger partial charge is 0.247 e. The zero-order chi connectivity index (χ0) is 25.3. The van der Waals surface area contributed by atoms with Crippen LogP contribution in [-0.2, 0) is 0 Å². The molecular formula is C27H31BrN4O3S. The number of aromatic nitrogens is 3. The van der Waals surface area contributed by atoms with E-state index in [-0.39, 0.29) is 0 Å². The number of benzene rings is 2. The van der Waals surface area contributed by atoms with E-state index in [9.17, 15) is 0 Å². The molecule has 1 aromatic heterocycles. The fourth-order valence-electron chi connectivity index (χ4n) is 3.84. The normalized spacial score (nSPS) is 14.0. The number of fused-ring (bicyclic) bond motifs is 3. The van der Waals surface area contributed by atoms with Crippen molar-refractivity contribution in [2.75, 3.05) is 24.3 Å². The highest BCUT2D eigenvalue weighted by Crippen LogP contribution is 2.43. The highest BCUT2D eigenvalue weighted by molar-refractivity contribution is 9.10. The first-order chi connectivity index (χ1) is 17.6. The van der Waals surface area contributed by atoms with Crippen LogP contribution in [-0.4, -0.2) is 34.1 Å². The summed E-state index contributed by atoms with van der Waals surface area (Å²) < 4.78 is 18.9. The van der Waals surface area contributed by atoms with Crippen molar-refractivity contribution in [3.8, 4) is 28.6 Å². The second-order valence-electron chi connectivity index (χ2n) is 8.21. The lowest BCUT2D eigenvalue weighted by Gasteiger charge is -2.22. The summed E-state index contributed by atoms with van der Waals surface area (Å²) in [4.78, 5) is 4.75. The Hall–Kier alpha value is -2.78. The first kappa shape index (κ1) is 26.3. The van der Waals surface area contributed by atoms with Gasteiger partial charge in [-0.1, -0.05) is 68.8 Å². The van der Waals surface area contributed by atoms with E-state index in [1.54, 1.807) is 17.8 Å². The maximum Gasteiger partial charge on any atom is 0.247 e. The predicted octanol–water partition coefficient (Wildman–Crippen LogP) is 7.44. The van der Waals surface area contributed by atoms with Gasteiger partial charge >= 0.3 is 0 Å². The predicted molar refractivity (Wildman–Crippen MR) is 148 cm³/mol. The lowest BCUT2D eigenvalue weighted by atomic mass is 10.1. The molecule has 4 rings (SSSR count). The van der Waals surface area contributed by atoms with E-state index in [0.29, 0.717) is 41.4 Å². The summed E-state index contributed by atoms with van der Waals surface area (Å²) >= 11 is 5.25. The minimum absolute atomic E-state index is 0.373. The first-order valence-electron chi connectivity index (χ1n) is 12.2. The number of nitrogens with one attached hydrogen (secondary N) is 1. The van der Waals surface area contributed by atoms with Crippen LogP contribution in [0.25, 0.3) is 11.3 Å². The molecule has 36 heavy (non-hydrogen) atoms. The average Bonchev–Trinajstić information content (AvgIpc) is 3.05. The van der Waals surface area contributed by atoms with Crippen LogP contribution in [0.3, 0.4) is 0 Å². The Morgan fingerprint density at radius 2 is 2.00 bits per heavy atom. The van der Waals surface area contributed by atoms with Gasteiger partial charge in [0, 0.05) is 22.6 Å². The van der Waals surface area contributed by atoms with Crippen molar-refractivity contribution in [2.24, 2.45) is 0 Å². The van der Waals surface area contributed by atoms with E-state index < -0.39 is 6.23 Å². The van der Waals surface area contributed by atoms with Gasteiger partial charge in [0.1, 0.15) is 6.61 Å². The van der Waals surface area contributed by atoms with Crippen LogP contribution in [0.4, 0.5) is 5.69 Å². The van der Waals surface area contributed by atoms with Crippen molar-refractivity contribution in [3.63, 3.8) is 0 Å². The second kappa shape index (κ2) is 13.0. The number of hydrogen-bond donors (Lipinski definition) is 1. The number of nitrogens with zero attached hydrogens (tertiary/aromatic N) is 3. The number of unbranched alkanes of at least 4 members (excludes halogenated alkanes) is 3. The van der Waals surface area contributed by atoms with Gasteiger partial charge in [-0.05, 0) is 47.5 Å². The fraction of sp³-hybridized carbons (Fsp3) is 0.370. The molecule has 0 radical (unpaired) electrons. The minimum atomic E-state index is -0.532. The lowest BCUT2D eigenvalue weighted by molar-refractivity contribution is 0.223. The molecule has 9 heteroatoms. The molecule has 3 aromatic rings. The van der Waals surface area contributed by atoms with Crippen molar-refractivity contribution in [1.29, 1.82) is 0 Å². The third-order valence-electron chi connectivity index (χ3n) is 5.54. The van der Waals surface area contributed by atoms with Crippen LogP contribution >= 0.6 is 27.7 Å². The van der Waals surface area contributed by atoms with E-state index >= 15 is 0 Å². The third kappa shape index (κ3) is 6.31. The largest absolute Gasteiger partial charge is 0.490 e. The molecule has 0 amide bonds. The fourth-order valence-corrected chi connectivity index (χ4v) is 5.19. The molecule has 0 unspecified atom stereocenters. The summed E-state index contributed by atoms with van der Waals surface area (Å²) in [6.45, 7) is 8.76. The summed E-state index contributed by atoms with van der Waals surface area (Å²) in [6, 6.07) is 11.8. The number of rotatable bonds is 12. The van der Waals surface area contributed by atoms with E-state index in [1.807, 2.05) is 43.3 Å². The van der Waals surface area contributed by atoms with E-state index in [0.717, 1.165) is 33.5 Å².